The number of rotatable bonds is 7. The van der Waals surface area contributed by atoms with Gasteiger partial charge in [-0.2, -0.15) is 5.10 Å². The third kappa shape index (κ3) is 3.54. The van der Waals surface area contributed by atoms with Crippen LogP contribution in [-0.2, 0) is 11.3 Å². The lowest BCUT2D eigenvalue weighted by molar-refractivity contribution is 0.189. The number of fused-ring (bicyclic) bond motifs is 1. The molecule has 0 unspecified atom stereocenters. The Morgan fingerprint density at radius 1 is 1.07 bits per heavy atom. The van der Waals surface area contributed by atoms with Gasteiger partial charge in [-0.25, -0.2) is 24.3 Å². The Morgan fingerprint density at radius 2 is 1.83 bits per heavy atom. The summed E-state index contributed by atoms with van der Waals surface area (Å²) in [5.74, 6) is 1.37. The number of aryl methyl sites for hydroxylation is 1. The van der Waals surface area contributed by atoms with Crippen molar-refractivity contribution in [2.45, 2.75) is 31.2 Å². The summed E-state index contributed by atoms with van der Waals surface area (Å²) in [6.45, 7) is 1.35. The first-order valence-corrected chi connectivity index (χ1v) is 9.98. The van der Waals surface area contributed by atoms with Crippen molar-refractivity contribution in [3.05, 3.63) is 66.1 Å². The Labute approximate surface area is 173 Å². The predicted octanol–water partition coefficient (Wildman–Crippen LogP) is 3.73. The fourth-order valence-corrected chi connectivity index (χ4v) is 3.92. The third-order valence-corrected chi connectivity index (χ3v) is 5.50. The zero-order chi connectivity index (χ0) is 20.5. The molecule has 2 atom stereocenters. The molecule has 0 N–H and O–H groups in total. The lowest BCUT2D eigenvalue weighted by Gasteiger charge is -2.04. The highest BCUT2D eigenvalue weighted by Crippen LogP contribution is 2.55. The van der Waals surface area contributed by atoms with Gasteiger partial charge < -0.3 is 4.74 Å². The highest BCUT2D eigenvalue weighted by atomic mass is 19.1. The molecule has 30 heavy (non-hydrogen) atoms. The number of hydrogen-bond acceptors (Lipinski definition) is 6. The molecule has 1 fully saturated rings. The molecule has 0 spiro atoms. The van der Waals surface area contributed by atoms with Crippen LogP contribution in [0.5, 0.6) is 0 Å². The van der Waals surface area contributed by atoms with Gasteiger partial charge >= 0.3 is 0 Å². The highest BCUT2D eigenvalue weighted by Gasteiger charge is 2.41. The van der Waals surface area contributed by atoms with Crippen LogP contribution in [0.2, 0.25) is 0 Å². The van der Waals surface area contributed by atoms with Gasteiger partial charge in [0.05, 0.1) is 0 Å². The van der Waals surface area contributed by atoms with Crippen LogP contribution in [0.1, 0.15) is 35.8 Å². The fraction of sp³-hybridized carbons (Fsp3) is 0.318. The van der Waals surface area contributed by atoms with Crippen molar-refractivity contribution >= 4 is 10.9 Å². The van der Waals surface area contributed by atoms with E-state index in [4.69, 9.17) is 4.74 Å². The van der Waals surface area contributed by atoms with Crippen molar-refractivity contribution in [3.8, 4) is 11.6 Å². The Kier molecular flexibility index (Phi) is 4.92. The largest absolute Gasteiger partial charge is 0.385 e. The zero-order valence-electron chi connectivity index (χ0n) is 16.6. The van der Waals surface area contributed by atoms with Crippen molar-refractivity contribution < 1.29 is 9.13 Å². The van der Waals surface area contributed by atoms with Crippen LogP contribution in [0.25, 0.3) is 22.6 Å². The van der Waals surface area contributed by atoms with Crippen LogP contribution in [0, 0.1) is 5.82 Å². The van der Waals surface area contributed by atoms with Gasteiger partial charge in [-0.3, -0.25) is 4.68 Å². The summed E-state index contributed by atoms with van der Waals surface area (Å²) in [4.78, 5) is 17.2. The number of methoxy groups -OCH3 is 1. The van der Waals surface area contributed by atoms with E-state index in [1.54, 1.807) is 25.6 Å². The van der Waals surface area contributed by atoms with E-state index in [2.05, 4.69) is 25.0 Å². The summed E-state index contributed by atoms with van der Waals surface area (Å²) in [7, 11) is 1.67. The van der Waals surface area contributed by atoms with Gasteiger partial charge in [0.15, 0.2) is 17.5 Å². The molecule has 3 aromatic heterocycles. The topological polar surface area (TPSA) is 78.6 Å². The van der Waals surface area contributed by atoms with Gasteiger partial charge in [0.25, 0.3) is 0 Å². The van der Waals surface area contributed by atoms with Crippen LogP contribution in [0.4, 0.5) is 4.39 Å². The van der Waals surface area contributed by atoms with E-state index in [0.717, 1.165) is 29.4 Å². The molecule has 1 aliphatic rings. The summed E-state index contributed by atoms with van der Waals surface area (Å²) in [6.07, 6.45) is 10.8. The first kappa shape index (κ1) is 18.7. The maximum absolute atomic E-state index is 14.3. The minimum atomic E-state index is -0.285. The fourth-order valence-electron chi connectivity index (χ4n) is 3.92. The Balaban J connectivity index is 1.37. The standard InChI is InChI=1S/C22H21FN6O/c1-30-9-3-8-29-13-18-15(4-5-19(23)20(18)28-29)17-10-16(17)14-11-26-22(27-12-14)21-24-6-2-7-25-21/h2,4-7,11-13,16-17H,3,8-10H2,1H3/t16-,17-/m0/s1. The molecule has 4 aromatic rings. The van der Waals surface area contributed by atoms with Crippen molar-refractivity contribution in [3.63, 3.8) is 0 Å². The summed E-state index contributed by atoms with van der Waals surface area (Å²) < 4.78 is 21.3. The average molecular weight is 404 g/mol. The van der Waals surface area contributed by atoms with Crippen LogP contribution in [0.15, 0.2) is 49.2 Å². The number of benzene rings is 1. The number of hydrogen-bond donors (Lipinski definition) is 0. The van der Waals surface area contributed by atoms with Gasteiger partial charge in [-0.15, -0.1) is 0 Å². The summed E-state index contributed by atoms with van der Waals surface area (Å²) in [5.41, 5.74) is 2.64. The zero-order valence-corrected chi connectivity index (χ0v) is 16.6. The third-order valence-electron chi connectivity index (χ3n) is 5.50. The number of halogens is 1. The normalized spacial score (nSPS) is 18.1. The highest BCUT2D eigenvalue weighted by molar-refractivity contribution is 5.83. The molecular weight excluding hydrogens is 383 g/mol. The van der Waals surface area contributed by atoms with Gasteiger partial charge in [0.2, 0.25) is 0 Å². The van der Waals surface area contributed by atoms with E-state index in [-0.39, 0.29) is 5.82 Å². The minimum Gasteiger partial charge on any atom is -0.385 e. The molecule has 0 bridgehead atoms. The number of aromatic nitrogens is 6. The van der Waals surface area contributed by atoms with Crippen molar-refractivity contribution in [2.24, 2.45) is 0 Å². The molecule has 1 aromatic carbocycles. The second kappa shape index (κ2) is 7.87. The molecule has 8 heteroatoms. The predicted molar refractivity (Wildman–Crippen MR) is 109 cm³/mol. The second-order valence-electron chi connectivity index (χ2n) is 7.50. The first-order valence-electron chi connectivity index (χ1n) is 9.98. The summed E-state index contributed by atoms with van der Waals surface area (Å²) in [6, 6.07) is 5.16. The minimum absolute atomic E-state index is 0.285. The molecule has 1 aliphatic carbocycles. The molecule has 7 nitrogen and oxygen atoms in total. The lowest BCUT2D eigenvalue weighted by Crippen LogP contribution is -2.01. The lowest BCUT2D eigenvalue weighted by atomic mass is 10.0. The van der Waals surface area contributed by atoms with Gasteiger partial charge in [-0.1, -0.05) is 6.07 Å². The maximum atomic E-state index is 14.3. The second-order valence-corrected chi connectivity index (χ2v) is 7.50. The molecule has 0 radical (unpaired) electrons. The average Bonchev–Trinajstić information content (AvgIpc) is 3.46. The van der Waals surface area contributed by atoms with Gasteiger partial charge in [-0.05, 0) is 47.9 Å². The molecule has 0 amide bonds. The summed E-state index contributed by atoms with van der Waals surface area (Å²) in [5, 5.41) is 5.33. The Hall–Kier alpha value is -3.26. The van der Waals surface area contributed by atoms with E-state index in [1.807, 2.05) is 29.3 Å². The van der Waals surface area contributed by atoms with Gasteiger partial charge in [0.1, 0.15) is 5.52 Å². The maximum Gasteiger partial charge on any atom is 0.197 e. The van der Waals surface area contributed by atoms with E-state index >= 15 is 0 Å². The van der Waals surface area contributed by atoms with E-state index < -0.39 is 0 Å². The molecule has 5 rings (SSSR count). The molecule has 0 aliphatic heterocycles. The van der Waals surface area contributed by atoms with E-state index in [0.29, 0.717) is 42.2 Å². The van der Waals surface area contributed by atoms with Crippen molar-refractivity contribution in [2.75, 3.05) is 13.7 Å². The summed E-state index contributed by atoms with van der Waals surface area (Å²) >= 11 is 0. The molecular formula is C22H21FN6O. The molecule has 1 saturated carbocycles. The van der Waals surface area contributed by atoms with Crippen molar-refractivity contribution in [1.29, 1.82) is 0 Å². The van der Waals surface area contributed by atoms with E-state index in [1.165, 1.54) is 6.07 Å². The Morgan fingerprint density at radius 3 is 2.60 bits per heavy atom. The molecule has 152 valence electrons. The molecule has 3 heterocycles. The first-order chi connectivity index (χ1) is 14.7. The monoisotopic (exact) mass is 404 g/mol. The van der Waals surface area contributed by atoms with Gasteiger partial charge in [0, 0.05) is 56.6 Å². The SMILES string of the molecule is COCCCn1cc2c([C@@H]3C[C@H]3c3cnc(-c4ncccn4)nc3)ccc(F)c2n1. The number of nitrogens with zero attached hydrogens (tertiary/aromatic N) is 6. The quantitative estimate of drug-likeness (QED) is 0.437. The van der Waals surface area contributed by atoms with Crippen LogP contribution >= 0.6 is 0 Å². The smallest absolute Gasteiger partial charge is 0.197 e. The number of ether oxygens (including phenoxy) is 1. The Bertz CT molecular complexity index is 1160. The van der Waals surface area contributed by atoms with E-state index in [9.17, 15) is 4.39 Å². The van der Waals surface area contributed by atoms with Crippen molar-refractivity contribution in [1.82, 2.24) is 29.7 Å². The van der Waals surface area contributed by atoms with Crippen LogP contribution in [0.3, 0.4) is 0 Å². The van der Waals surface area contributed by atoms with Crippen LogP contribution in [-0.4, -0.2) is 43.4 Å². The van der Waals surface area contributed by atoms with Crippen LogP contribution < -0.4 is 0 Å². The molecule has 0 saturated heterocycles.